The molecule has 126 valence electrons. The molecule has 2 aromatic rings. The third-order valence-electron chi connectivity index (χ3n) is 6.02. The van der Waals surface area contributed by atoms with Gasteiger partial charge < -0.3 is 14.7 Å². The van der Waals surface area contributed by atoms with Crippen molar-refractivity contribution in [3.63, 3.8) is 0 Å². The number of rotatable bonds is 1. The van der Waals surface area contributed by atoms with E-state index in [1.165, 1.54) is 25.9 Å². The second kappa shape index (κ2) is 4.96. The molecule has 3 saturated heterocycles. The van der Waals surface area contributed by atoms with Crippen LogP contribution in [-0.4, -0.2) is 45.5 Å². The summed E-state index contributed by atoms with van der Waals surface area (Å²) in [5.74, 6) is 2.62. The van der Waals surface area contributed by atoms with Gasteiger partial charge in [0.25, 0.3) is 0 Å². The number of benzene rings is 1. The standard InChI is InChI=1S/C18H23N5O/c1-12-19-15-4-3-14(9-16(15)22(12)2)20-17-10-18(24-21-17)11-23-7-5-13(18)6-8-23/h3-4,9,13H,5-8,10-11H2,1-2H3,(H,20,21)/t18-/m0/s1. The summed E-state index contributed by atoms with van der Waals surface area (Å²) in [7, 11) is 2.05. The molecule has 1 spiro atoms. The zero-order valence-electron chi connectivity index (χ0n) is 14.2. The summed E-state index contributed by atoms with van der Waals surface area (Å²) < 4.78 is 2.11. The van der Waals surface area contributed by atoms with Crippen molar-refractivity contribution in [1.82, 2.24) is 14.5 Å². The average Bonchev–Trinajstić information content (AvgIpc) is 3.11. The normalized spacial score (nSPS) is 31.5. The Morgan fingerprint density at radius 1 is 1.29 bits per heavy atom. The van der Waals surface area contributed by atoms with Gasteiger partial charge in [0, 0.05) is 25.2 Å². The van der Waals surface area contributed by atoms with E-state index >= 15 is 0 Å². The zero-order valence-corrected chi connectivity index (χ0v) is 14.2. The molecular formula is C18H23N5O. The number of nitrogens with one attached hydrogen (secondary N) is 1. The van der Waals surface area contributed by atoms with Crippen molar-refractivity contribution in [2.24, 2.45) is 18.1 Å². The maximum atomic E-state index is 5.98. The molecule has 2 bridgehead atoms. The Balaban J connectivity index is 1.36. The predicted molar refractivity (Wildman–Crippen MR) is 94.1 cm³/mol. The van der Waals surface area contributed by atoms with Crippen LogP contribution in [0.25, 0.3) is 11.0 Å². The van der Waals surface area contributed by atoms with Gasteiger partial charge in [-0.2, -0.15) is 0 Å². The molecule has 1 atom stereocenters. The van der Waals surface area contributed by atoms with E-state index in [4.69, 9.17) is 4.84 Å². The van der Waals surface area contributed by atoms with Crippen molar-refractivity contribution in [2.75, 3.05) is 25.0 Å². The first kappa shape index (κ1) is 14.3. The number of oxime groups is 1. The first-order valence-electron chi connectivity index (χ1n) is 8.80. The quantitative estimate of drug-likeness (QED) is 0.875. The van der Waals surface area contributed by atoms with Gasteiger partial charge in [0.1, 0.15) is 5.82 Å². The number of anilines is 1. The van der Waals surface area contributed by atoms with E-state index in [2.05, 4.69) is 43.1 Å². The van der Waals surface area contributed by atoms with Crippen LogP contribution in [0.15, 0.2) is 23.4 Å². The molecule has 0 saturated carbocycles. The number of aryl methyl sites for hydroxylation is 2. The lowest BCUT2D eigenvalue weighted by molar-refractivity contribution is -0.136. The monoisotopic (exact) mass is 325 g/mol. The molecule has 0 aliphatic carbocycles. The van der Waals surface area contributed by atoms with Crippen molar-refractivity contribution >= 4 is 22.6 Å². The number of aromatic nitrogens is 2. The maximum Gasteiger partial charge on any atom is 0.160 e. The van der Waals surface area contributed by atoms with Gasteiger partial charge in [-0.05, 0) is 51.1 Å². The summed E-state index contributed by atoms with van der Waals surface area (Å²) >= 11 is 0. The molecule has 5 heterocycles. The Labute approximate surface area is 141 Å². The number of nitrogens with zero attached hydrogens (tertiary/aromatic N) is 4. The fourth-order valence-electron chi connectivity index (χ4n) is 4.54. The third kappa shape index (κ3) is 2.05. The second-order valence-corrected chi connectivity index (χ2v) is 7.47. The minimum atomic E-state index is -0.0912. The predicted octanol–water partition coefficient (Wildman–Crippen LogP) is 2.49. The zero-order chi connectivity index (χ0) is 16.3. The van der Waals surface area contributed by atoms with Crippen LogP contribution >= 0.6 is 0 Å². The summed E-state index contributed by atoms with van der Waals surface area (Å²) in [6.45, 7) is 5.48. The van der Waals surface area contributed by atoms with E-state index in [9.17, 15) is 0 Å². The van der Waals surface area contributed by atoms with Gasteiger partial charge in [-0.1, -0.05) is 5.16 Å². The van der Waals surface area contributed by atoms with E-state index in [-0.39, 0.29) is 5.60 Å². The maximum absolute atomic E-state index is 5.98. The Kier molecular flexibility index (Phi) is 2.95. The van der Waals surface area contributed by atoms with Gasteiger partial charge in [-0.15, -0.1) is 0 Å². The van der Waals surface area contributed by atoms with Crippen molar-refractivity contribution in [1.29, 1.82) is 0 Å². The number of amidine groups is 1. The van der Waals surface area contributed by atoms with Gasteiger partial charge >= 0.3 is 0 Å². The molecule has 0 radical (unpaired) electrons. The van der Waals surface area contributed by atoms with Gasteiger partial charge in [0.2, 0.25) is 0 Å². The van der Waals surface area contributed by atoms with Crippen LogP contribution in [0.4, 0.5) is 5.69 Å². The van der Waals surface area contributed by atoms with Crippen LogP contribution in [0.3, 0.4) is 0 Å². The lowest BCUT2D eigenvalue weighted by Crippen LogP contribution is -2.59. The third-order valence-corrected chi connectivity index (χ3v) is 6.02. The summed E-state index contributed by atoms with van der Waals surface area (Å²) in [5, 5.41) is 7.86. The Morgan fingerprint density at radius 3 is 2.88 bits per heavy atom. The van der Waals surface area contributed by atoms with Crippen LogP contribution in [0, 0.1) is 12.8 Å². The molecule has 1 aromatic carbocycles. The molecule has 0 amide bonds. The molecular weight excluding hydrogens is 302 g/mol. The fraction of sp³-hybridized carbons (Fsp3) is 0.556. The topological polar surface area (TPSA) is 54.7 Å². The van der Waals surface area contributed by atoms with Crippen molar-refractivity contribution in [2.45, 2.75) is 31.8 Å². The van der Waals surface area contributed by atoms with Crippen molar-refractivity contribution in [3.8, 4) is 0 Å². The molecule has 1 aromatic heterocycles. The molecule has 6 heteroatoms. The van der Waals surface area contributed by atoms with Crippen LogP contribution in [0.5, 0.6) is 0 Å². The van der Waals surface area contributed by atoms with Crippen molar-refractivity contribution in [3.05, 3.63) is 24.0 Å². The molecule has 6 rings (SSSR count). The Bertz CT molecular complexity index is 833. The van der Waals surface area contributed by atoms with E-state index in [1.807, 2.05) is 14.0 Å². The summed E-state index contributed by atoms with van der Waals surface area (Å²) in [6, 6.07) is 6.27. The molecule has 4 aliphatic rings. The minimum absolute atomic E-state index is 0.0912. The highest BCUT2D eigenvalue weighted by Crippen LogP contribution is 2.43. The highest BCUT2D eigenvalue weighted by Gasteiger charge is 2.52. The van der Waals surface area contributed by atoms with Crippen LogP contribution in [-0.2, 0) is 11.9 Å². The summed E-state index contributed by atoms with van der Waals surface area (Å²) in [6.07, 6.45) is 3.36. The second-order valence-electron chi connectivity index (χ2n) is 7.47. The lowest BCUT2D eigenvalue weighted by atomic mass is 9.73. The fourth-order valence-corrected chi connectivity index (χ4v) is 4.54. The Morgan fingerprint density at radius 2 is 2.12 bits per heavy atom. The van der Waals surface area contributed by atoms with Gasteiger partial charge in [-0.25, -0.2) is 4.98 Å². The lowest BCUT2D eigenvalue weighted by Gasteiger charge is -2.49. The highest BCUT2D eigenvalue weighted by atomic mass is 16.7. The number of imidazole rings is 1. The van der Waals surface area contributed by atoms with E-state index in [0.29, 0.717) is 5.92 Å². The summed E-state index contributed by atoms with van der Waals surface area (Å²) in [4.78, 5) is 13.1. The number of hydrogen-bond donors (Lipinski definition) is 1. The number of piperidine rings is 3. The largest absolute Gasteiger partial charge is 0.386 e. The molecule has 0 unspecified atom stereocenters. The molecule has 6 nitrogen and oxygen atoms in total. The number of fused-ring (bicyclic) bond motifs is 3. The molecule has 3 fully saturated rings. The van der Waals surface area contributed by atoms with Gasteiger partial charge in [0.15, 0.2) is 11.4 Å². The molecule has 1 N–H and O–H groups in total. The smallest absolute Gasteiger partial charge is 0.160 e. The first-order chi connectivity index (χ1) is 11.6. The van der Waals surface area contributed by atoms with E-state index in [1.54, 1.807) is 0 Å². The highest BCUT2D eigenvalue weighted by molar-refractivity contribution is 5.98. The molecule has 4 aliphatic heterocycles. The minimum Gasteiger partial charge on any atom is -0.386 e. The van der Waals surface area contributed by atoms with Gasteiger partial charge in [0.05, 0.1) is 17.5 Å². The van der Waals surface area contributed by atoms with E-state index in [0.717, 1.165) is 41.3 Å². The van der Waals surface area contributed by atoms with Crippen LogP contribution in [0.2, 0.25) is 0 Å². The Hall–Kier alpha value is -2.08. The first-order valence-corrected chi connectivity index (χ1v) is 8.80. The van der Waals surface area contributed by atoms with E-state index < -0.39 is 0 Å². The van der Waals surface area contributed by atoms with Crippen molar-refractivity contribution < 1.29 is 4.84 Å². The van der Waals surface area contributed by atoms with Gasteiger partial charge in [-0.3, -0.25) is 4.90 Å². The van der Waals surface area contributed by atoms with Crippen LogP contribution in [0.1, 0.15) is 25.1 Å². The SMILES string of the molecule is Cc1nc2ccc(NC3=NO[C@@]4(C3)CN3CCC4CC3)cc2n1C. The van der Waals surface area contributed by atoms with Crippen LogP contribution < -0.4 is 5.32 Å². The average molecular weight is 325 g/mol. The number of hydrogen-bond acceptors (Lipinski definition) is 5. The summed E-state index contributed by atoms with van der Waals surface area (Å²) in [5.41, 5.74) is 3.12. The molecule has 24 heavy (non-hydrogen) atoms.